The molecule has 4 heterocycles. The molecule has 1 aromatic carbocycles. The van der Waals surface area contributed by atoms with Gasteiger partial charge in [0.05, 0.1) is 16.0 Å². The van der Waals surface area contributed by atoms with E-state index in [1.807, 2.05) is 20.8 Å². The second-order valence-electron chi connectivity index (χ2n) is 11.2. The van der Waals surface area contributed by atoms with Crippen LogP contribution in [0.3, 0.4) is 0 Å². The number of sulfonamides is 1. The quantitative estimate of drug-likeness (QED) is 0.430. The molecule has 0 N–H and O–H groups in total. The molecule has 11 heteroatoms. The van der Waals surface area contributed by atoms with Crippen LogP contribution in [0.4, 0.5) is 13.2 Å². The van der Waals surface area contributed by atoms with E-state index in [4.69, 9.17) is 0 Å². The average Bonchev–Trinajstić information content (AvgIpc) is 3.27. The molecule has 3 aromatic rings. The van der Waals surface area contributed by atoms with Crippen LogP contribution in [0, 0.1) is 18.8 Å². The van der Waals surface area contributed by atoms with E-state index in [0.717, 1.165) is 22.1 Å². The number of likely N-dealkylation sites (tertiary alicyclic amines) is 1. The van der Waals surface area contributed by atoms with E-state index >= 15 is 0 Å². The van der Waals surface area contributed by atoms with Crippen molar-refractivity contribution in [1.82, 2.24) is 18.8 Å². The van der Waals surface area contributed by atoms with Crippen molar-refractivity contribution >= 4 is 21.4 Å². The molecule has 0 radical (unpaired) electrons. The van der Waals surface area contributed by atoms with Gasteiger partial charge in [-0.05, 0) is 73.8 Å². The molecule has 2 aromatic heterocycles. The molecular formula is C28H33F3N4O3S. The molecule has 0 aliphatic carbocycles. The molecule has 7 nitrogen and oxygen atoms in total. The van der Waals surface area contributed by atoms with Crippen molar-refractivity contribution in [2.45, 2.75) is 57.0 Å². The molecule has 2 atom stereocenters. The number of hydrogen-bond acceptors (Lipinski definition) is 4. The smallest absolute Gasteiger partial charge is 0.338 e. The van der Waals surface area contributed by atoms with Gasteiger partial charge < -0.3 is 4.90 Å². The summed E-state index contributed by atoms with van der Waals surface area (Å²) in [5.41, 5.74) is 0.293. The van der Waals surface area contributed by atoms with Gasteiger partial charge >= 0.3 is 6.18 Å². The minimum Gasteiger partial charge on any atom is -0.338 e. The fourth-order valence-electron chi connectivity index (χ4n) is 6.00. The Morgan fingerprint density at radius 1 is 1.00 bits per heavy atom. The summed E-state index contributed by atoms with van der Waals surface area (Å²) >= 11 is 0. The Kier molecular flexibility index (Phi) is 7.26. The largest absolute Gasteiger partial charge is 0.436 e. The van der Waals surface area contributed by atoms with Gasteiger partial charge in [0.2, 0.25) is 10.0 Å². The van der Waals surface area contributed by atoms with Crippen molar-refractivity contribution in [3.8, 4) is 0 Å². The molecule has 2 aliphatic heterocycles. The Hall–Kier alpha value is -2.92. The molecule has 210 valence electrons. The lowest BCUT2D eigenvalue weighted by Gasteiger charge is -2.35. The number of rotatable bonds is 4. The summed E-state index contributed by atoms with van der Waals surface area (Å²) < 4.78 is 70.9. The number of halogens is 3. The highest BCUT2D eigenvalue weighted by molar-refractivity contribution is 7.89. The molecule has 2 saturated heterocycles. The van der Waals surface area contributed by atoms with E-state index < -0.39 is 33.4 Å². The van der Waals surface area contributed by atoms with Crippen LogP contribution in [0.2, 0.25) is 0 Å². The third-order valence-electron chi connectivity index (χ3n) is 7.88. The standard InChI is InChI=1S/C28H33F3N4O3S/c1-18-4-6-23(7-5-18)39(37,38)34-11-8-21(9-12-34)22-10-13-35-24(15-22)25(26(32-35)28(29,30)31)27(36)33-16-19(2)14-20(3)17-33/h4-7,10,13,15,19-21H,8-9,11-12,14,16-17H2,1-3H3. The zero-order valence-corrected chi connectivity index (χ0v) is 23.1. The molecular weight excluding hydrogens is 529 g/mol. The van der Waals surface area contributed by atoms with E-state index in [1.54, 1.807) is 36.4 Å². The van der Waals surface area contributed by atoms with Crippen molar-refractivity contribution in [1.29, 1.82) is 0 Å². The zero-order chi connectivity index (χ0) is 28.1. The van der Waals surface area contributed by atoms with Gasteiger partial charge in [0.25, 0.3) is 5.91 Å². The molecule has 5 rings (SSSR count). The average molecular weight is 563 g/mol. The second kappa shape index (κ2) is 10.2. The van der Waals surface area contributed by atoms with Crippen LogP contribution in [0.5, 0.6) is 0 Å². The summed E-state index contributed by atoms with van der Waals surface area (Å²) in [7, 11) is -3.63. The summed E-state index contributed by atoms with van der Waals surface area (Å²) in [6.07, 6.45) is -1.35. The second-order valence-corrected chi connectivity index (χ2v) is 13.1. The molecule has 0 bridgehead atoms. The molecule has 2 aliphatic rings. The number of aryl methyl sites for hydroxylation is 1. The van der Waals surface area contributed by atoms with Crippen molar-refractivity contribution in [3.63, 3.8) is 0 Å². The lowest BCUT2D eigenvalue weighted by atomic mass is 9.90. The third kappa shape index (κ3) is 5.43. The molecule has 39 heavy (non-hydrogen) atoms. The van der Waals surface area contributed by atoms with Crippen LogP contribution >= 0.6 is 0 Å². The maximum Gasteiger partial charge on any atom is 0.436 e. The first kappa shape index (κ1) is 27.6. The summed E-state index contributed by atoms with van der Waals surface area (Å²) in [5.74, 6) is -0.301. The zero-order valence-electron chi connectivity index (χ0n) is 22.3. The van der Waals surface area contributed by atoms with Gasteiger partial charge in [-0.15, -0.1) is 0 Å². The highest BCUT2D eigenvalue weighted by Crippen LogP contribution is 2.37. The Labute approximate surface area is 226 Å². The van der Waals surface area contributed by atoms with Crippen molar-refractivity contribution < 1.29 is 26.4 Å². The first-order valence-corrected chi connectivity index (χ1v) is 14.7. The number of amides is 1. The van der Waals surface area contributed by atoms with Crippen LogP contribution in [-0.4, -0.2) is 59.3 Å². The van der Waals surface area contributed by atoms with E-state index in [9.17, 15) is 26.4 Å². The number of benzene rings is 1. The lowest BCUT2D eigenvalue weighted by Crippen LogP contribution is -2.43. The van der Waals surface area contributed by atoms with Gasteiger partial charge in [-0.2, -0.15) is 22.6 Å². The third-order valence-corrected chi connectivity index (χ3v) is 9.79. The van der Waals surface area contributed by atoms with Crippen molar-refractivity contribution in [2.75, 3.05) is 26.2 Å². The van der Waals surface area contributed by atoms with Crippen LogP contribution in [0.1, 0.15) is 66.2 Å². The maximum atomic E-state index is 14.0. The maximum absolute atomic E-state index is 14.0. The first-order valence-electron chi connectivity index (χ1n) is 13.3. The van der Waals surface area contributed by atoms with Crippen LogP contribution in [0.15, 0.2) is 47.5 Å². The van der Waals surface area contributed by atoms with Crippen LogP contribution < -0.4 is 0 Å². The van der Waals surface area contributed by atoms with Crippen molar-refractivity contribution in [3.05, 3.63) is 65.0 Å². The normalized spacial score (nSPS) is 21.9. The number of pyridine rings is 1. The SMILES string of the molecule is Cc1ccc(S(=O)(=O)N2CCC(c3ccn4nc(C(F)(F)F)c(C(=O)N5CC(C)CC(C)C5)c4c3)CC2)cc1. The number of carbonyl (C=O) groups excluding carboxylic acids is 1. The number of fused-ring (bicyclic) bond motifs is 1. The minimum absolute atomic E-state index is 0.0540. The number of piperidine rings is 2. The summed E-state index contributed by atoms with van der Waals surface area (Å²) in [6.45, 7) is 7.31. The first-order chi connectivity index (χ1) is 18.3. The number of aromatic nitrogens is 2. The molecule has 1 amide bonds. The Bertz CT molecular complexity index is 1470. The van der Waals surface area contributed by atoms with Gasteiger partial charge in [0.1, 0.15) is 0 Å². The predicted octanol–water partition coefficient (Wildman–Crippen LogP) is 5.35. The minimum atomic E-state index is -4.78. The number of alkyl halides is 3. The van der Waals surface area contributed by atoms with Crippen LogP contribution in [-0.2, 0) is 16.2 Å². The predicted molar refractivity (Wildman–Crippen MR) is 141 cm³/mol. The topological polar surface area (TPSA) is 75.0 Å². The fraction of sp³-hybridized carbons (Fsp3) is 0.500. The van der Waals surface area contributed by atoms with E-state index in [2.05, 4.69) is 5.10 Å². The van der Waals surface area contributed by atoms with Gasteiger partial charge in [-0.3, -0.25) is 4.79 Å². The van der Waals surface area contributed by atoms with Gasteiger partial charge in [0, 0.05) is 32.4 Å². The summed E-state index contributed by atoms with van der Waals surface area (Å²) in [5, 5.41) is 3.76. The number of carbonyl (C=O) groups is 1. The summed E-state index contributed by atoms with van der Waals surface area (Å²) in [4.78, 5) is 15.3. The Morgan fingerprint density at radius 2 is 1.62 bits per heavy atom. The van der Waals surface area contributed by atoms with Crippen molar-refractivity contribution in [2.24, 2.45) is 11.8 Å². The highest BCUT2D eigenvalue weighted by atomic mass is 32.2. The monoisotopic (exact) mass is 562 g/mol. The van der Waals surface area contributed by atoms with E-state index in [-0.39, 0.29) is 28.2 Å². The molecule has 0 spiro atoms. The Balaban J connectivity index is 1.42. The van der Waals surface area contributed by atoms with E-state index in [1.165, 1.54) is 15.4 Å². The molecule has 0 saturated carbocycles. The number of nitrogens with zero attached hydrogens (tertiary/aromatic N) is 4. The lowest BCUT2D eigenvalue weighted by molar-refractivity contribution is -0.141. The Morgan fingerprint density at radius 3 is 2.21 bits per heavy atom. The number of hydrogen-bond donors (Lipinski definition) is 0. The van der Waals surface area contributed by atoms with Gasteiger partial charge in [0.15, 0.2) is 5.69 Å². The molecule has 2 fully saturated rings. The van der Waals surface area contributed by atoms with Crippen LogP contribution in [0.25, 0.3) is 5.52 Å². The van der Waals surface area contributed by atoms with Gasteiger partial charge in [-0.25, -0.2) is 12.9 Å². The molecule has 2 unspecified atom stereocenters. The summed E-state index contributed by atoms with van der Waals surface area (Å²) in [6, 6.07) is 10.1. The highest BCUT2D eigenvalue weighted by Gasteiger charge is 2.42. The van der Waals surface area contributed by atoms with E-state index in [0.29, 0.717) is 39.0 Å². The van der Waals surface area contributed by atoms with Gasteiger partial charge in [-0.1, -0.05) is 31.5 Å². The fourth-order valence-corrected chi connectivity index (χ4v) is 7.47.